The zero-order valence-electron chi connectivity index (χ0n) is 10.6. The number of likely N-dealkylation sites (tertiary alicyclic amines) is 1. The molecule has 6 nitrogen and oxygen atoms in total. The van der Waals surface area contributed by atoms with Gasteiger partial charge in [0, 0.05) is 11.5 Å². The monoisotopic (exact) mass is 286 g/mol. The van der Waals surface area contributed by atoms with Gasteiger partial charge < -0.3 is 10.8 Å². The summed E-state index contributed by atoms with van der Waals surface area (Å²) in [5.74, 6) is -1.09. The summed E-state index contributed by atoms with van der Waals surface area (Å²) in [7, 11) is 0. The number of thioether (sulfide) groups is 1. The first-order valence-corrected chi connectivity index (χ1v) is 7.61. The lowest BCUT2D eigenvalue weighted by molar-refractivity contribution is -0.155. The van der Waals surface area contributed by atoms with Gasteiger partial charge in [0.15, 0.2) is 0 Å². The molecule has 19 heavy (non-hydrogen) atoms. The summed E-state index contributed by atoms with van der Waals surface area (Å²) in [6.07, 6.45) is 1.59. The molecule has 2 aliphatic rings. The summed E-state index contributed by atoms with van der Waals surface area (Å²) in [5.41, 5.74) is 5.38. The highest BCUT2D eigenvalue weighted by Crippen LogP contribution is 2.39. The molecular formula is C12H18N2O4S. The van der Waals surface area contributed by atoms with Gasteiger partial charge in [0.05, 0.1) is 11.8 Å². The summed E-state index contributed by atoms with van der Waals surface area (Å²) >= 11 is 1.58. The van der Waals surface area contributed by atoms with Crippen molar-refractivity contribution in [3.05, 3.63) is 0 Å². The molecule has 106 valence electrons. The number of amides is 2. The second-order valence-electron chi connectivity index (χ2n) is 4.94. The minimum Gasteiger partial charge on any atom is -0.480 e. The number of carboxylic acid groups (broad SMARTS) is 1. The van der Waals surface area contributed by atoms with Crippen LogP contribution < -0.4 is 5.73 Å². The highest BCUT2D eigenvalue weighted by Gasteiger charge is 2.53. The van der Waals surface area contributed by atoms with Crippen LogP contribution in [-0.4, -0.2) is 51.9 Å². The highest BCUT2D eigenvalue weighted by molar-refractivity contribution is 7.99. The molecular weight excluding hydrogens is 268 g/mol. The van der Waals surface area contributed by atoms with Crippen LogP contribution in [-0.2, 0) is 14.4 Å². The zero-order valence-corrected chi connectivity index (χ0v) is 11.4. The zero-order chi connectivity index (χ0) is 14.0. The Morgan fingerprint density at radius 2 is 1.89 bits per heavy atom. The summed E-state index contributed by atoms with van der Waals surface area (Å²) < 4.78 is 0. The molecule has 2 heterocycles. The third kappa shape index (κ3) is 2.62. The third-order valence-electron chi connectivity index (χ3n) is 3.72. The second kappa shape index (κ2) is 5.92. The lowest BCUT2D eigenvalue weighted by Gasteiger charge is -2.23. The molecule has 2 rings (SSSR count). The molecule has 2 saturated heterocycles. The number of imide groups is 1. The Balaban J connectivity index is 2.11. The Bertz CT molecular complexity index is 379. The molecule has 0 aromatic carbocycles. The largest absolute Gasteiger partial charge is 0.480 e. The number of rotatable bonds is 6. The van der Waals surface area contributed by atoms with Crippen molar-refractivity contribution in [2.24, 2.45) is 17.6 Å². The van der Waals surface area contributed by atoms with Crippen molar-refractivity contribution in [2.45, 2.75) is 25.3 Å². The quantitative estimate of drug-likeness (QED) is 0.523. The Labute approximate surface area is 115 Å². The number of hydrogen-bond donors (Lipinski definition) is 2. The van der Waals surface area contributed by atoms with Crippen LogP contribution in [0, 0.1) is 11.8 Å². The Morgan fingerprint density at radius 3 is 2.37 bits per heavy atom. The van der Waals surface area contributed by atoms with Crippen LogP contribution in [0.4, 0.5) is 0 Å². The van der Waals surface area contributed by atoms with Gasteiger partial charge in [-0.3, -0.25) is 14.5 Å². The molecule has 0 aromatic rings. The van der Waals surface area contributed by atoms with E-state index < -0.39 is 12.0 Å². The van der Waals surface area contributed by atoms with E-state index in [1.54, 1.807) is 11.8 Å². The summed E-state index contributed by atoms with van der Waals surface area (Å²) in [4.78, 5) is 36.7. The van der Waals surface area contributed by atoms with E-state index in [9.17, 15) is 19.5 Å². The summed E-state index contributed by atoms with van der Waals surface area (Å²) in [6.45, 7) is 0.482. The van der Waals surface area contributed by atoms with Crippen LogP contribution in [0.25, 0.3) is 0 Å². The van der Waals surface area contributed by atoms with Crippen molar-refractivity contribution >= 4 is 29.5 Å². The smallest absolute Gasteiger partial charge is 0.326 e. The first-order valence-electron chi connectivity index (χ1n) is 6.45. The molecule has 0 radical (unpaired) electrons. The molecule has 2 amide bonds. The maximum absolute atomic E-state index is 12.2. The lowest BCUT2D eigenvalue weighted by atomic mass is 10.00. The maximum Gasteiger partial charge on any atom is 0.326 e. The topological polar surface area (TPSA) is 101 Å². The predicted molar refractivity (Wildman–Crippen MR) is 70.5 cm³/mol. The van der Waals surface area contributed by atoms with Crippen LogP contribution in [0.2, 0.25) is 0 Å². The molecule has 0 saturated carbocycles. The summed E-state index contributed by atoms with van der Waals surface area (Å²) in [6, 6.07) is -1.03. The molecule has 2 aliphatic heterocycles. The fourth-order valence-electron chi connectivity index (χ4n) is 2.66. The van der Waals surface area contributed by atoms with E-state index in [1.807, 2.05) is 0 Å². The van der Waals surface area contributed by atoms with Crippen molar-refractivity contribution in [3.8, 4) is 0 Å². The first kappa shape index (κ1) is 14.3. The van der Waals surface area contributed by atoms with Gasteiger partial charge in [0.25, 0.3) is 0 Å². The van der Waals surface area contributed by atoms with E-state index >= 15 is 0 Å². The number of carbonyl (C=O) groups excluding carboxylic acids is 2. The Morgan fingerprint density at radius 1 is 1.32 bits per heavy atom. The maximum atomic E-state index is 12.2. The van der Waals surface area contributed by atoms with Crippen LogP contribution in [0.5, 0.6) is 0 Å². The van der Waals surface area contributed by atoms with Crippen molar-refractivity contribution in [1.29, 1.82) is 0 Å². The number of carbonyl (C=O) groups is 3. The van der Waals surface area contributed by atoms with Gasteiger partial charge in [-0.05, 0) is 25.8 Å². The average molecular weight is 286 g/mol. The van der Waals surface area contributed by atoms with Gasteiger partial charge in [0.1, 0.15) is 6.04 Å². The standard InChI is InChI=1S/C12H18N2O4S/c13-4-2-1-3-9(12(17)18)14-10(15)7-5-19-6-8(7)11(14)16/h7-9H,1-6,13H2,(H,17,18)/t7?,8?,9-/m0/s1. The van der Waals surface area contributed by atoms with Crippen molar-refractivity contribution in [3.63, 3.8) is 0 Å². The fraction of sp³-hybridized carbons (Fsp3) is 0.750. The average Bonchev–Trinajstić information content (AvgIpc) is 2.92. The minimum absolute atomic E-state index is 0.288. The van der Waals surface area contributed by atoms with Crippen molar-refractivity contribution in [2.75, 3.05) is 18.1 Å². The highest BCUT2D eigenvalue weighted by atomic mass is 32.2. The van der Waals surface area contributed by atoms with Gasteiger partial charge in [-0.25, -0.2) is 4.79 Å². The van der Waals surface area contributed by atoms with E-state index in [1.165, 1.54) is 0 Å². The molecule has 3 atom stereocenters. The molecule has 0 aromatic heterocycles. The molecule has 7 heteroatoms. The molecule has 0 aliphatic carbocycles. The first-order chi connectivity index (χ1) is 9.07. The number of hydrogen-bond acceptors (Lipinski definition) is 5. The van der Waals surface area contributed by atoms with Crippen LogP contribution >= 0.6 is 11.8 Å². The Hall–Kier alpha value is -1.08. The SMILES string of the molecule is NCCCC[C@@H](C(=O)O)N1C(=O)C2CSCC2C1=O. The van der Waals surface area contributed by atoms with Crippen LogP contribution in [0.15, 0.2) is 0 Å². The molecule has 2 unspecified atom stereocenters. The van der Waals surface area contributed by atoms with Crippen LogP contribution in [0.1, 0.15) is 19.3 Å². The number of aliphatic carboxylic acids is 1. The normalized spacial score (nSPS) is 27.7. The Kier molecular flexibility index (Phi) is 4.46. The van der Waals surface area contributed by atoms with Gasteiger partial charge in [-0.1, -0.05) is 0 Å². The number of carboxylic acids is 1. The van der Waals surface area contributed by atoms with Crippen molar-refractivity contribution < 1.29 is 19.5 Å². The van der Waals surface area contributed by atoms with E-state index in [0.29, 0.717) is 30.9 Å². The van der Waals surface area contributed by atoms with Crippen LogP contribution in [0.3, 0.4) is 0 Å². The fourth-order valence-corrected chi connectivity index (χ4v) is 4.05. The third-order valence-corrected chi connectivity index (χ3v) is 4.91. The predicted octanol–water partition coefficient (Wildman–Crippen LogP) is -0.0834. The number of nitrogens with zero attached hydrogens (tertiary/aromatic N) is 1. The molecule has 3 N–H and O–H groups in total. The van der Waals surface area contributed by atoms with Gasteiger partial charge >= 0.3 is 5.97 Å². The molecule has 0 bridgehead atoms. The van der Waals surface area contributed by atoms with E-state index in [0.717, 1.165) is 4.90 Å². The van der Waals surface area contributed by atoms with E-state index in [-0.39, 0.29) is 30.1 Å². The summed E-state index contributed by atoms with van der Waals surface area (Å²) in [5, 5.41) is 9.25. The number of nitrogens with two attached hydrogens (primary N) is 1. The van der Waals surface area contributed by atoms with E-state index in [4.69, 9.17) is 5.73 Å². The van der Waals surface area contributed by atoms with Gasteiger partial charge in [-0.2, -0.15) is 11.8 Å². The lowest BCUT2D eigenvalue weighted by Crippen LogP contribution is -2.46. The molecule has 2 fully saturated rings. The second-order valence-corrected chi connectivity index (χ2v) is 6.01. The minimum atomic E-state index is -1.11. The number of unbranched alkanes of at least 4 members (excludes halogenated alkanes) is 1. The number of fused-ring (bicyclic) bond motifs is 1. The van der Waals surface area contributed by atoms with Gasteiger partial charge in [-0.15, -0.1) is 0 Å². The van der Waals surface area contributed by atoms with Gasteiger partial charge in [0.2, 0.25) is 11.8 Å². The molecule has 0 spiro atoms. The van der Waals surface area contributed by atoms with E-state index in [2.05, 4.69) is 0 Å². The van der Waals surface area contributed by atoms with Crippen molar-refractivity contribution in [1.82, 2.24) is 4.90 Å².